The van der Waals surface area contributed by atoms with Crippen LogP contribution in [0.2, 0.25) is 0 Å². The van der Waals surface area contributed by atoms with E-state index in [9.17, 15) is 0 Å². The minimum Gasteiger partial charge on any atom is -0.497 e. The number of fused-ring (bicyclic) bond motifs is 1. The molecule has 1 aliphatic heterocycles. The van der Waals surface area contributed by atoms with Crippen molar-refractivity contribution in [1.29, 1.82) is 0 Å². The van der Waals surface area contributed by atoms with Crippen LogP contribution < -0.4 is 9.47 Å². The number of hydrogen-bond acceptors (Lipinski definition) is 2. The van der Waals surface area contributed by atoms with E-state index in [1.807, 2.05) is 24.3 Å². The fourth-order valence-electron chi connectivity index (χ4n) is 2.95. The average Bonchev–Trinajstić information content (AvgIpc) is 2.85. The van der Waals surface area contributed by atoms with E-state index in [1.165, 1.54) is 5.56 Å². The number of ether oxygens (including phenoxy) is 2. The Bertz CT molecular complexity index is 658. The molecule has 1 heterocycles. The van der Waals surface area contributed by atoms with Gasteiger partial charge in [-0.2, -0.15) is 0 Å². The number of allylic oxidation sites excluding steroid dienone is 1. The van der Waals surface area contributed by atoms with Gasteiger partial charge in [-0.3, -0.25) is 0 Å². The maximum Gasteiger partial charge on any atom is 0.123 e. The molecule has 1 aliphatic rings. The molecule has 21 heavy (non-hydrogen) atoms. The lowest BCUT2D eigenvalue weighted by Crippen LogP contribution is -2.24. The maximum absolute atomic E-state index is 5.83. The molecule has 1 atom stereocenters. The smallest absolute Gasteiger partial charge is 0.123 e. The van der Waals surface area contributed by atoms with Crippen LogP contribution in [-0.2, 0) is 5.41 Å². The van der Waals surface area contributed by atoms with Gasteiger partial charge in [0.1, 0.15) is 11.5 Å². The third kappa shape index (κ3) is 2.54. The predicted molar refractivity (Wildman–Crippen MR) is 85.9 cm³/mol. The zero-order valence-electron chi connectivity index (χ0n) is 12.6. The predicted octanol–water partition coefficient (Wildman–Crippen LogP) is 4.45. The van der Waals surface area contributed by atoms with Gasteiger partial charge in [0, 0.05) is 11.0 Å². The second kappa shape index (κ2) is 5.28. The van der Waals surface area contributed by atoms with Crippen molar-refractivity contribution in [2.75, 3.05) is 13.7 Å². The molecule has 0 fully saturated rings. The summed E-state index contributed by atoms with van der Waals surface area (Å²) in [7, 11) is 1.68. The second-order valence-electron chi connectivity index (χ2n) is 5.85. The Labute approximate surface area is 126 Å². The van der Waals surface area contributed by atoms with Crippen LogP contribution in [0.1, 0.15) is 24.5 Å². The van der Waals surface area contributed by atoms with E-state index in [0.717, 1.165) is 29.1 Å². The van der Waals surface area contributed by atoms with Gasteiger partial charge in [-0.25, -0.2) is 0 Å². The molecule has 0 aromatic heterocycles. The molecule has 2 heteroatoms. The molecule has 0 radical (unpaired) electrons. The zero-order chi connectivity index (χ0) is 14.9. The van der Waals surface area contributed by atoms with Crippen LogP contribution in [-0.4, -0.2) is 13.7 Å². The molecular formula is C19H20O2. The number of rotatable bonds is 4. The number of benzene rings is 2. The van der Waals surface area contributed by atoms with E-state index in [1.54, 1.807) is 7.11 Å². The summed E-state index contributed by atoms with van der Waals surface area (Å²) in [6, 6.07) is 16.4. The fourth-order valence-corrected chi connectivity index (χ4v) is 2.95. The van der Waals surface area contributed by atoms with E-state index in [-0.39, 0.29) is 5.41 Å². The summed E-state index contributed by atoms with van der Waals surface area (Å²) >= 11 is 0. The van der Waals surface area contributed by atoms with Gasteiger partial charge in [0.15, 0.2) is 0 Å². The van der Waals surface area contributed by atoms with Crippen molar-refractivity contribution >= 4 is 5.57 Å². The first kappa shape index (κ1) is 13.7. The van der Waals surface area contributed by atoms with Crippen molar-refractivity contribution < 1.29 is 9.47 Å². The molecule has 2 aromatic carbocycles. The van der Waals surface area contributed by atoms with Gasteiger partial charge in [-0.05, 0) is 35.8 Å². The van der Waals surface area contributed by atoms with Crippen LogP contribution in [0.4, 0.5) is 0 Å². The fraction of sp³-hybridized carbons (Fsp3) is 0.263. The molecule has 3 rings (SSSR count). The maximum atomic E-state index is 5.83. The van der Waals surface area contributed by atoms with Crippen LogP contribution >= 0.6 is 0 Å². The topological polar surface area (TPSA) is 18.5 Å². The molecule has 0 saturated heterocycles. The molecule has 0 saturated carbocycles. The van der Waals surface area contributed by atoms with Crippen molar-refractivity contribution in [2.24, 2.45) is 0 Å². The second-order valence-corrected chi connectivity index (χ2v) is 5.85. The van der Waals surface area contributed by atoms with Crippen LogP contribution in [0.3, 0.4) is 0 Å². The lowest BCUT2D eigenvalue weighted by molar-refractivity contribution is 0.281. The summed E-state index contributed by atoms with van der Waals surface area (Å²) in [4.78, 5) is 0. The lowest BCUT2D eigenvalue weighted by Gasteiger charge is -2.24. The minimum absolute atomic E-state index is 0.00634. The number of para-hydroxylation sites is 1. The molecule has 0 aliphatic carbocycles. The Morgan fingerprint density at radius 2 is 1.90 bits per heavy atom. The first-order valence-electron chi connectivity index (χ1n) is 7.17. The molecule has 1 unspecified atom stereocenters. The SMILES string of the molecule is C=C(CC1(C)COc2ccccc21)c1ccc(OC)cc1. The van der Waals surface area contributed by atoms with Gasteiger partial charge < -0.3 is 9.47 Å². The highest BCUT2D eigenvalue weighted by Gasteiger charge is 2.36. The van der Waals surface area contributed by atoms with E-state index in [0.29, 0.717) is 6.61 Å². The molecule has 0 amide bonds. The summed E-state index contributed by atoms with van der Waals surface area (Å²) in [5, 5.41) is 0. The highest BCUT2D eigenvalue weighted by Crippen LogP contribution is 2.43. The highest BCUT2D eigenvalue weighted by molar-refractivity contribution is 5.66. The Morgan fingerprint density at radius 3 is 2.62 bits per heavy atom. The van der Waals surface area contributed by atoms with Gasteiger partial charge in [0.25, 0.3) is 0 Å². The quantitative estimate of drug-likeness (QED) is 0.823. The molecule has 2 aromatic rings. The monoisotopic (exact) mass is 280 g/mol. The largest absolute Gasteiger partial charge is 0.497 e. The van der Waals surface area contributed by atoms with E-state index in [2.05, 4.69) is 37.8 Å². The van der Waals surface area contributed by atoms with Crippen molar-refractivity contribution in [2.45, 2.75) is 18.8 Å². The van der Waals surface area contributed by atoms with Gasteiger partial charge >= 0.3 is 0 Å². The third-order valence-corrected chi connectivity index (χ3v) is 4.19. The van der Waals surface area contributed by atoms with Crippen molar-refractivity contribution in [3.05, 3.63) is 66.2 Å². The number of hydrogen-bond donors (Lipinski definition) is 0. The highest BCUT2D eigenvalue weighted by atomic mass is 16.5. The first-order chi connectivity index (χ1) is 10.1. The molecule has 0 spiro atoms. The summed E-state index contributed by atoms with van der Waals surface area (Å²) in [5.74, 6) is 1.87. The third-order valence-electron chi connectivity index (χ3n) is 4.19. The number of methoxy groups -OCH3 is 1. The van der Waals surface area contributed by atoms with Gasteiger partial charge in [0.2, 0.25) is 0 Å². The Morgan fingerprint density at radius 1 is 1.19 bits per heavy atom. The van der Waals surface area contributed by atoms with Gasteiger partial charge in [-0.1, -0.05) is 43.8 Å². The molecule has 0 N–H and O–H groups in total. The minimum atomic E-state index is -0.00634. The average molecular weight is 280 g/mol. The first-order valence-corrected chi connectivity index (χ1v) is 7.17. The van der Waals surface area contributed by atoms with Crippen LogP contribution in [0.15, 0.2) is 55.1 Å². The van der Waals surface area contributed by atoms with Crippen LogP contribution in [0, 0.1) is 0 Å². The Hall–Kier alpha value is -2.22. The summed E-state index contributed by atoms with van der Waals surface area (Å²) in [6.07, 6.45) is 0.885. The van der Waals surface area contributed by atoms with Gasteiger partial charge in [-0.15, -0.1) is 0 Å². The van der Waals surface area contributed by atoms with Crippen molar-refractivity contribution in [1.82, 2.24) is 0 Å². The summed E-state index contributed by atoms with van der Waals surface area (Å²) in [6.45, 7) is 7.22. The molecular weight excluding hydrogens is 260 g/mol. The summed E-state index contributed by atoms with van der Waals surface area (Å²) < 4.78 is 11.0. The molecule has 2 nitrogen and oxygen atoms in total. The van der Waals surface area contributed by atoms with E-state index < -0.39 is 0 Å². The van der Waals surface area contributed by atoms with E-state index >= 15 is 0 Å². The standard InChI is InChI=1S/C19H20O2/c1-14(15-8-10-16(20-3)11-9-15)12-19(2)13-21-18-7-5-4-6-17(18)19/h4-11H,1,12-13H2,2-3H3. The molecule has 108 valence electrons. The zero-order valence-corrected chi connectivity index (χ0v) is 12.6. The van der Waals surface area contributed by atoms with Crippen molar-refractivity contribution in [3.63, 3.8) is 0 Å². The van der Waals surface area contributed by atoms with Crippen LogP contribution in [0.25, 0.3) is 5.57 Å². The van der Waals surface area contributed by atoms with E-state index in [4.69, 9.17) is 9.47 Å². The summed E-state index contributed by atoms with van der Waals surface area (Å²) in [5.41, 5.74) is 3.55. The molecule has 0 bridgehead atoms. The Balaban J connectivity index is 1.81. The van der Waals surface area contributed by atoms with Crippen molar-refractivity contribution in [3.8, 4) is 11.5 Å². The van der Waals surface area contributed by atoms with Gasteiger partial charge in [0.05, 0.1) is 13.7 Å². The normalized spacial score (nSPS) is 19.7. The Kier molecular flexibility index (Phi) is 3.46. The lowest BCUT2D eigenvalue weighted by atomic mass is 9.78. The van der Waals surface area contributed by atoms with Crippen LogP contribution in [0.5, 0.6) is 11.5 Å².